The highest BCUT2D eigenvalue weighted by Gasteiger charge is 2.25. The minimum absolute atomic E-state index is 0.403. The summed E-state index contributed by atoms with van der Waals surface area (Å²) in [6.07, 6.45) is 3.98. The number of benzene rings is 7. The molecule has 0 saturated heterocycles. The second kappa shape index (κ2) is 15.6. The molecular weight excluding hydrogens is 741 g/mol. The number of thiol groups is 1. The van der Waals surface area contributed by atoms with Crippen molar-refractivity contribution in [3.63, 3.8) is 0 Å². The molecule has 10 rings (SSSR count). The lowest BCUT2D eigenvalue weighted by Gasteiger charge is -2.23. The van der Waals surface area contributed by atoms with Crippen molar-refractivity contribution in [1.82, 2.24) is 19.9 Å². The fraction of sp³-hybridized carbons (Fsp3) is 0.0192. The van der Waals surface area contributed by atoms with Crippen molar-refractivity contribution >= 4 is 35.5 Å². The zero-order valence-corrected chi connectivity index (χ0v) is 32.7. The highest BCUT2D eigenvalue weighted by Crippen LogP contribution is 2.38. The first kappa shape index (κ1) is 36.0. The number of para-hydroxylation sites is 1. The number of pyridine rings is 1. The van der Waals surface area contributed by atoms with Gasteiger partial charge >= 0.3 is 0 Å². The van der Waals surface area contributed by atoms with Crippen LogP contribution < -0.4 is 5.73 Å². The summed E-state index contributed by atoms with van der Waals surface area (Å²) in [5.41, 5.74) is 21.6. The van der Waals surface area contributed by atoms with E-state index in [1.54, 1.807) is 0 Å². The SMILES string of the molecule is NC1/C(=N\S)C=Cc2c(-c3ccc(-c4cccc(-c5nc(-c6ccc(-c7ccccc7)cc6)nc(-c6ccc(-c7ccccc7)cc6)n5)c4)cc3)nc3ccccc3c21. The third-order valence-electron chi connectivity index (χ3n) is 10.9. The molecule has 0 amide bonds. The summed E-state index contributed by atoms with van der Waals surface area (Å²) in [6.45, 7) is 0. The number of hydrogen-bond donors (Lipinski definition) is 2. The minimum Gasteiger partial charge on any atom is -0.319 e. The van der Waals surface area contributed by atoms with Crippen LogP contribution in [0.25, 0.3) is 95.8 Å². The lowest BCUT2D eigenvalue weighted by Crippen LogP contribution is -2.24. The van der Waals surface area contributed by atoms with Gasteiger partial charge in [-0.3, -0.25) is 0 Å². The zero-order chi connectivity index (χ0) is 39.7. The Kier molecular flexibility index (Phi) is 9.50. The Labute approximate surface area is 348 Å². The molecular formula is C52H36N6S. The molecule has 6 nitrogen and oxygen atoms in total. The molecule has 0 fully saturated rings. The first-order chi connectivity index (χ1) is 29.1. The Balaban J connectivity index is 1.02. The molecule has 1 unspecified atom stereocenters. The van der Waals surface area contributed by atoms with E-state index in [1.807, 2.05) is 42.5 Å². The molecule has 7 heteroatoms. The van der Waals surface area contributed by atoms with Gasteiger partial charge in [-0.25, -0.2) is 24.3 Å². The van der Waals surface area contributed by atoms with Crippen molar-refractivity contribution in [3.8, 4) is 78.8 Å². The molecule has 0 bridgehead atoms. The number of aromatic nitrogens is 4. The molecule has 280 valence electrons. The summed E-state index contributed by atoms with van der Waals surface area (Å²) in [7, 11) is 0. The topological polar surface area (TPSA) is 89.9 Å². The molecule has 1 aliphatic carbocycles. The minimum atomic E-state index is -0.403. The Bertz CT molecular complexity index is 2930. The van der Waals surface area contributed by atoms with E-state index in [-0.39, 0.29) is 0 Å². The first-order valence-corrected chi connectivity index (χ1v) is 19.9. The van der Waals surface area contributed by atoms with E-state index in [2.05, 4.69) is 169 Å². The molecule has 7 aromatic carbocycles. The van der Waals surface area contributed by atoms with Gasteiger partial charge in [0.05, 0.1) is 23.0 Å². The molecule has 0 radical (unpaired) electrons. The lowest BCUT2D eigenvalue weighted by atomic mass is 9.86. The van der Waals surface area contributed by atoms with Crippen LogP contribution in [0.5, 0.6) is 0 Å². The average Bonchev–Trinajstić information content (AvgIpc) is 3.32. The Hall–Kier alpha value is -7.32. The van der Waals surface area contributed by atoms with Crippen molar-refractivity contribution in [3.05, 3.63) is 199 Å². The lowest BCUT2D eigenvalue weighted by molar-refractivity contribution is 0.968. The molecule has 0 aliphatic heterocycles. The second-order valence-corrected chi connectivity index (χ2v) is 14.7. The van der Waals surface area contributed by atoms with E-state index < -0.39 is 6.04 Å². The van der Waals surface area contributed by atoms with E-state index in [9.17, 15) is 0 Å². The Morgan fingerprint density at radius 2 is 0.847 bits per heavy atom. The maximum atomic E-state index is 6.74. The fourth-order valence-corrected chi connectivity index (χ4v) is 7.99. The Morgan fingerprint density at radius 3 is 1.42 bits per heavy atom. The van der Waals surface area contributed by atoms with E-state index in [0.29, 0.717) is 17.5 Å². The van der Waals surface area contributed by atoms with Crippen LogP contribution in [-0.4, -0.2) is 25.6 Å². The molecule has 0 spiro atoms. The molecule has 0 saturated carbocycles. The van der Waals surface area contributed by atoms with E-state index in [4.69, 9.17) is 25.7 Å². The Morgan fingerprint density at radius 1 is 0.407 bits per heavy atom. The predicted octanol–water partition coefficient (Wildman–Crippen LogP) is 12.4. The molecule has 2 heterocycles. The van der Waals surface area contributed by atoms with Gasteiger partial charge in [0.2, 0.25) is 0 Å². The van der Waals surface area contributed by atoms with Crippen LogP contribution >= 0.6 is 12.8 Å². The molecule has 9 aromatic rings. The summed E-state index contributed by atoms with van der Waals surface area (Å²) in [4.78, 5) is 20.3. The van der Waals surface area contributed by atoms with Crippen molar-refractivity contribution in [2.45, 2.75) is 6.04 Å². The van der Waals surface area contributed by atoms with Gasteiger partial charge in [-0.2, -0.15) is 0 Å². The number of nitrogens with two attached hydrogens (primary N) is 1. The van der Waals surface area contributed by atoms with Crippen molar-refractivity contribution in [2.75, 3.05) is 0 Å². The van der Waals surface area contributed by atoms with Gasteiger partial charge in [-0.05, 0) is 70.0 Å². The molecule has 1 aliphatic rings. The standard InChI is InChI=1S/C52H36N6S/c53-48-46(58-59)31-30-44-47(48)43-16-7-8-17-45(43)54-49(44)38-24-18-37(19-25-38)41-14-9-15-42(32-41)52-56-50(39-26-20-35(21-27-39)33-10-3-1-4-11-33)55-51(57-52)40-28-22-36(23-29-40)34-12-5-2-6-13-34/h1-32,48,59H,53H2/b58-46-. The van der Waals surface area contributed by atoms with Crippen LogP contribution in [0.15, 0.2) is 192 Å². The van der Waals surface area contributed by atoms with Crippen LogP contribution in [0.1, 0.15) is 17.2 Å². The quantitative estimate of drug-likeness (QED) is 0.157. The van der Waals surface area contributed by atoms with Gasteiger partial charge in [0.1, 0.15) is 0 Å². The summed E-state index contributed by atoms with van der Waals surface area (Å²) >= 11 is 4.18. The number of hydrogen-bond acceptors (Lipinski definition) is 7. The molecule has 1 atom stereocenters. The van der Waals surface area contributed by atoms with E-state index in [1.165, 1.54) is 0 Å². The number of fused-ring (bicyclic) bond motifs is 3. The van der Waals surface area contributed by atoms with Crippen LogP contribution in [0.2, 0.25) is 0 Å². The normalized spacial score (nSPS) is 14.1. The second-order valence-electron chi connectivity index (χ2n) is 14.5. The number of nitrogens with zero attached hydrogens (tertiary/aromatic N) is 5. The third kappa shape index (κ3) is 7.03. The van der Waals surface area contributed by atoms with E-state index in [0.717, 1.165) is 89.1 Å². The fourth-order valence-electron chi connectivity index (χ4n) is 7.80. The van der Waals surface area contributed by atoms with Gasteiger partial charge in [-0.1, -0.05) is 176 Å². The van der Waals surface area contributed by atoms with E-state index >= 15 is 0 Å². The van der Waals surface area contributed by atoms with Crippen LogP contribution in [0.3, 0.4) is 0 Å². The zero-order valence-electron chi connectivity index (χ0n) is 31.8. The predicted molar refractivity (Wildman–Crippen MR) is 246 cm³/mol. The van der Waals surface area contributed by atoms with Crippen molar-refractivity contribution in [1.29, 1.82) is 0 Å². The van der Waals surface area contributed by atoms with Crippen LogP contribution in [-0.2, 0) is 0 Å². The van der Waals surface area contributed by atoms with Gasteiger partial charge in [0.15, 0.2) is 17.5 Å². The van der Waals surface area contributed by atoms with Gasteiger partial charge < -0.3 is 5.73 Å². The summed E-state index contributed by atoms with van der Waals surface area (Å²) < 4.78 is 4.14. The van der Waals surface area contributed by atoms with Gasteiger partial charge in [-0.15, -0.1) is 0 Å². The van der Waals surface area contributed by atoms with Crippen molar-refractivity contribution in [2.24, 2.45) is 10.1 Å². The average molecular weight is 777 g/mol. The summed E-state index contributed by atoms with van der Waals surface area (Å²) in [6, 6.07) is 62.1. The van der Waals surface area contributed by atoms with Crippen LogP contribution in [0, 0.1) is 0 Å². The highest BCUT2D eigenvalue weighted by molar-refractivity contribution is 7.79. The van der Waals surface area contributed by atoms with Gasteiger partial charge in [0, 0.05) is 33.2 Å². The maximum absolute atomic E-state index is 6.74. The molecule has 59 heavy (non-hydrogen) atoms. The smallest absolute Gasteiger partial charge is 0.164 e. The maximum Gasteiger partial charge on any atom is 0.164 e. The third-order valence-corrected chi connectivity index (χ3v) is 11.1. The molecule has 2 aromatic heterocycles. The van der Waals surface area contributed by atoms with Crippen LogP contribution in [0.4, 0.5) is 0 Å². The largest absolute Gasteiger partial charge is 0.319 e. The monoisotopic (exact) mass is 776 g/mol. The number of rotatable bonds is 7. The highest BCUT2D eigenvalue weighted by atomic mass is 32.1. The van der Waals surface area contributed by atoms with Crippen molar-refractivity contribution < 1.29 is 0 Å². The summed E-state index contributed by atoms with van der Waals surface area (Å²) in [5.74, 6) is 1.82. The summed E-state index contributed by atoms with van der Waals surface area (Å²) in [5, 5.41) is 1.02. The van der Waals surface area contributed by atoms with Gasteiger partial charge in [0.25, 0.3) is 0 Å². The molecule has 2 N–H and O–H groups in total. The first-order valence-electron chi connectivity index (χ1n) is 19.5.